The van der Waals surface area contributed by atoms with Gasteiger partial charge in [-0.2, -0.15) is 5.10 Å². The van der Waals surface area contributed by atoms with Crippen molar-refractivity contribution < 1.29 is 5.11 Å². The van der Waals surface area contributed by atoms with Gasteiger partial charge in [-0.05, 0) is 25.3 Å². The smallest absolute Gasteiger partial charge is 0.268 e. The van der Waals surface area contributed by atoms with Crippen LogP contribution in [0.3, 0.4) is 0 Å². The lowest BCUT2D eigenvalue weighted by atomic mass is 10.00. The first-order valence-electron chi connectivity index (χ1n) is 7.81. The molecular weight excluding hydrogens is 268 g/mol. The van der Waals surface area contributed by atoms with Crippen LogP contribution in [0.4, 0.5) is 5.69 Å². The van der Waals surface area contributed by atoms with E-state index in [0.717, 1.165) is 31.7 Å². The Hall–Kier alpha value is -1.40. The van der Waals surface area contributed by atoms with E-state index in [2.05, 4.69) is 22.2 Å². The minimum Gasteiger partial charge on any atom is -0.390 e. The van der Waals surface area contributed by atoms with Crippen molar-refractivity contribution in [3.05, 3.63) is 22.6 Å². The summed E-state index contributed by atoms with van der Waals surface area (Å²) in [5.74, 6) is 0.656. The van der Waals surface area contributed by atoms with E-state index in [1.54, 1.807) is 12.3 Å². The van der Waals surface area contributed by atoms with Crippen LogP contribution in [0.2, 0.25) is 0 Å². The van der Waals surface area contributed by atoms with E-state index in [1.165, 1.54) is 11.1 Å². The van der Waals surface area contributed by atoms with Crippen LogP contribution in [0.25, 0.3) is 0 Å². The van der Waals surface area contributed by atoms with Gasteiger partial charge in [0, 0.05) is 25.7 Å². The first kappa shape index (κ1) is 16.0. The Morgan fingerprint density at radius 2 is 2.38 bits per heavy atom. The Bertz CT molecular complexity index is 503. The summed E-state index contributed by atoms with van der Waals surface area (Å²) in [5.41, 5.74) is 0.741. The quantitative estimate of drug-likeness (QED) is 0.797. The Morgan fingerprint density at radius 1 is 1.57 bits per heavy atom. The number of aliphatic hydroxyl groups excluding tert-OH is 1. The number of piperidine rings is 1. The van der Waals surface area contributed by atoms with Gasteiger partial charge in [0.2, 0.25) is 0 Å². The second-order valence-electron chi connectivity index (χ2n) is 5.89. The third-order valence-corrected chi connectivity index (χ3v) is 3.89. The molecule has 6 nitrogen and oxygen atoms in total. The average Bonchev–Trinajstić information content (AvgIpc) is 2.47. The zero-order valence-electron chi connectivity index (χ0n) is 13.0. The van der Waals surface area contributed by atoms with E-state index >= 15 is 0 Å². The number of rotatable bonds is 6. The van der Waals surface area contributed by atoms with E-state index in [9.17, 15) is 9.90 Å². The molecule has 0 saturated carbocycles. The molecule has 2 N–H and O–H groups in total. The summed E-state index contributed by atoms with van der Waals surface area (Å²) in [6, 6.07) is 1.63. The van der Waals surface area contributed by atoms with Gasteiger partial charge < -0.3 is 15.3 Å². The molecule has 0 radical (unpaired) electrons. The van der Waals surface area contributed by atoms with Crippen molar-refractivity contribution in [2.75, 3.05) is 31.1 Å². The van der Waals surface area contributed by atoms with Crippen molar-refractivity contribution in [3.8, 4) is 0 Å². The molecule has 2 rings (SSSR count). The Labute approximate surface area is 125 Å². The van der Waals surface area contributed by atoms with E-state index in [-0.39, 0.29) is 12.1 Å². The number of anilines is 1. The van der Waals surface area contributed by atoms with Crippen LogP contribution in [0.5, 0.6) is 0 Å². The third-order valence-electron chi connectivity index (χ3n) is 3.89. The Morgan fingerprint density at radius 3 is 3.05 bits per heavy atom. The third kappa shape index (κ3) is 4.54. The lowest BCUT2D eigenvalue weighted by molar-refractivity contribution is 0.145. The highest BCUT2D eigenvalue weighted by atomic mass is 16.3. The zero-order valence-corrected chi connectivity index (χ0v) is 13.0. The maximum atomic E-state index is 12.1. The average molecular weight is 294 g/mol. The summed E-state index contributed by atoms with van der Waals surface area (Å²) in [4.78, 5) is 14.3. The Kier molecular flexibility index (Phi) is 5.76. The molecule has 6 heteroatoms. The van der Waals surface area contributed by atoms with Crippen LogP contribution in [0.1, 0.15) is 26.7 Å². The maximum absolute atomic E-state index is 12.1. The second kappa shape index (κ2) is 7.56. The van der Waals surface area contributed by atoms with Gasteiger partial charge in [-0.25, -0.2) is 4.68 Å². The standard InChI is InChI=1S/C15H26N4O2/c1-3-16-9-14(20)11-19-15(21)7-13(8-17-19)18-6-4-5-12(2)10-18/h7-8,12,14,16,20H,3-6,9-11H2,1-2H3. The van der Waals surface area contributed by atoms with Crippen LogP contribution >= 0.6 is 0 Å². The molecule has 0 aromatic carbocycles. The van der Waals surface area contributed by atoms with Gasteiger partial charge in [-0.3, -0.25) is 4.79 Å². The molecule has 1 aliphatic heterocycles. The topological polar surface area (TPSA) is 70.4 Å². The predicted molar refractivity (Wildman–Crippen MR) is 83.7 cm³/mol. The van der Waals surface area contributed by atoms with Gasteiger partial charge in [0.1, 0.15) is 0 Å². The van der Waals surface area contributed by atoms with Gasteiger partial charge in [-0.15, -0.1) is 0 Å². The number of nitrogens with zero attached hydrogens (tertiary/aromatic N) is 3. The molecule has 118 valence electrons. The van der Waals surface area contributed by atoms with Gasteiger partial charge in [0.15, 0.2) is 0 Å². The minimum atomic E-state index is -0.601. The summed E-state index contributed by atoms with van der Waals surface area (Å²) in [5, 5.41) is 17.1. The van der Waals surface area contributed by atoms with Crippen LogP contribution < -0.4 is 15.8 Å². The van der Waals surface area contributed by atoms with Gasteiger partial charge in [0.25, 0.3) is 5.56 Å². The highest BCUT2D eigenvalue weighted by molar-refractivity contribution is 5.43. The number of aromatic nitrogens is 2. The van der Waals surface area contributed by atoms with Crippen molar-refractivity contribution in [1.82, 2.24) is 15.1 Å². The molecule has 2 unspecified atom stereocenters. The largest absolute Gasteiger partial charge is 0.390 e. The SMILES string of the molecule is CCNCC(O)Cn1ncc(N2CCCC(C)C2)cc1=O. The monoisotopic (exact) mass is 294 g/mol. The van der Waals surface area contributed by atoms with Crippen molar-refractivity contribution in [3.63, 3.8) is 0 Å². The molecule has 1 fully saturated rings. The van der Waals surface area contributed by atoms with Gasteiger partial charge >= 0.3 is 0 Å². The van der Waals surface area contributed by atoms with Crippen molar-refractivity contribution in [2.24, 2.45) is 5.92 Å². The number of likely N-dealkylation sites (N-methyl/N-ethyl adjacent to an activating group) is 1. The summed E-state index contributed by atoms with van der Waals surface area (Å²) < 4.78 is 1.33. The molecule has 0 bridgehead atoms. The van der Waals surface area contributed by atoms with Crippen LogP contribution in [0, 0.1) is 5.92 Å². The first-order valence-corrected chi connectivity index (χ1v) is 7.81. The molecule has 0 aliphatic carbocycles. The van der Waals surface area contributed by atoms with Gasteiger partial charge in [0.05, 0.1) is 24.5 Å². The van der Waals surface area contributed by atoms with Crippen LogP contribution in [-0.4, -0.2) is 47.2 Å². The second-order valence-corrected chi connectivity index (χ2v) is 5.89. The molecule has 2 heterocycles. The molecule has 2 atom stereocenters. The summed E-state index contributed by atoms with van der Waals surface area (Å²) in [6.07, 6.45) is 3.54. The summed E-state index contributed by atoms with van der Waals surface area (Å²) in [6.45, 7) is 7.67. The van der Waals surface area contributed by atoms with Crippen molar-refractivity contribution >= 4 is 5.69 Å². The molecule has 0 amide bonds. The normalized spacial score (nSPS) is 20.5. The minimum absolute atomic E-state index is 0.152. The molecule has 1 saturated heterocycles. The fourth-order valence-corrected chi connectivity index (χ4v) is 2.73. The number of nitrogens with one attached hydrogen (secondary N) is 1. The van der Waals surface area contributed by atoms with Crippen LogP contribution in [-0.2, 0) is 6.54 Å². The van der Waals surface area contributed by atoms with Crippen molar-refractivity contribution in [2.45, 2.75) is 39.3 Å². The lowest BCUT2D eigenvalue weighted by Gasteiger charge is -2.32. The van der Waals surface area contributed by atoms with Crippen LogP contribution in [0.15, 0.2) is 17.1 Å². The molecule has 1 aromatic heterocycles. The van der Waals surface area contributed by atoms with E-state index in [0.29, 0.717) is 12.5 Å². The summed E-state index contributed by atoms with van der Waals surface area (Å²) in [7, 11) is 0. The van der Waals surface area contributed by atoms with E-state index < -0.39 is 6.10 Å². The highest BCUT2D eigenvalue weighted by Crippen LogP contribution is 2.20. The summed E-state index contributed by atoms with van der Waals surface area (Å²) >= 11 is 0. The Balaban J connectivity index is 2.01. The fraction of sp³-hybridized carbons (Fsp3) is 0.733. The highest BCUT2D eigenvalue weighted by Gasteiger charge is 2.17. The van der Waals surface area contributed by atoms with Gasteiger partial charge in [-0.1, -0.05) is 13.8 Å². The lowest BCUT2D eigenvalue weighted by Crippen LogP contribution is -2.37. The molecule has 1 aliphatic rings. The molecule has 21 heavy (non-hydrogen) atoms. The van der Waals surface area contributed by atoms with E-state index in [1.807, 2.05) is 6.92 Å². The number of aliphatic hydroxyl groups is 1. The fourth-order valence-electron chi connectivity index (χ4n) is 2.73. The number of hydrogen-bond acceptors (Lipinski definition) is 5. The molecular formula is C15H26N4O2. The van der Waals surface area contributed by atoms with Crippen molar-refractivity contribution in [1.29, 1.82) is 0 Å². The molecule has 0 spiro atoms. The van der Waals surface area contributed by atoms with E-state index in [4.69, 9.17) is 0 Å². The maximum Gasteiger partial charge on any atom is 0.268 e. The molecule has 1 aromatic rings. The first-order chi connectivity index (χ1) is 10.1. The predicted octanol–water partition coefficient (Wildman–Crippen LogP) is 0.450. The number of hydrogen-bond donors (Lipinski definition) is 2. The zero-order chi connectivity index (χ0) is 15.2.